The van der Waals surface area contributed by atoms with E-state index in [1.165, 1.54) is 11.3 Å². The molecule has 8 heteroatoms. The van der Waals surface area contributed by atoms with Gasteiger partial charge in [-0.15, -0.1) is 10.2 Å². The predicted molar refractivity (Wildman–Crippen MR) is 123 cm³/mol. The number of benzene rings is 2. The molecule has 3 rings (SSSR count). The summed E-state index contributed by atoms with van der Waals surface area (Å²) < 4.78 is 0.939. The van der Waals surface area contributed by atoms with Gasteiger partial charge in [-0.25, -0.2) is 0 Å². The smallest absolute Gasteiger partial charge is 0.249 e. The molecule has 30 heavy (non-hydrogen) atoms. The van der Waals surface area contributed by atoms with E-state index in [0.29, 0.717) is 16.6 Å². The standard InChI is InChI=1S/C22H23BrN4O2S/c1-22(2,3)20(29)24-17(12-14-8-5-4-6-9-14)18(28)25-21-27-26-19(30-21)15-10-7-11-16(23)13-15/h4-11,13,17H,12H2,1-3H3,(H,24,29)(H,25,27,28). The molecule has 1 atom stereocenters. The Hall–Kier alpha value is -2.58. The number of nitrogens with one attached hydrogen (secondary N) is 2. The summed E-state index contributed by atoms with van der Waals surface area (Å²) in [5.41, 5.74) is 1.26. The summed E-state index contributed by atoms with van der Waals surface area (Å²) in [4.78, 5) is 25.5. The van der Waals surface area contributed by atoms with Gasteiger partial charge in [-0.3, -0.25) is 14.9 Å². The van der Waals surface area contributed by atoms with E-state index in [-0.39, 0.29) is 11.8 Å². The summed E-state index contributed by atoms with van der Waals surface area (Å²) in [6, 6.07) is 16.6. The highest BCUT2D eigenvalue weighted by Crippen LogP contribution is 2.28. The molecular formula is C22H23BrN4O2S. The summed E-state index contributed by atoms with van der Waals surface area (Å²) in [6.45, 7) is 5.44. The normalized spacial score (nSPS) is 12.3. The van der Waals surface area contributed by atoms with Crippen LogP contribution in [-0.2, 0) is 16.0 Å². The van der Waals surface area contributed by atoms with Crippen LogP contribution in [0.15, 0.2) is 59.1 Å². The topological polar surface area (TPSA) is 84.0 Å². The zero-order valence-corrected chi connectivity index (χ0v) is 19.4. The first-order valence-corrected chi connectivity index (χ1v) is 11.1. The molecule has 0 saturated heterocycles. The van der Waals surface area contributed by atoms with Crippen molar-refractivity contribution < 1.29 is 9.59 Å². The molecule has 2 amide bonds. The quantitative estimate of drug-likeness (QED) is 0.529. The van der Waals surface area contributed by atoms with Crippen LogP contribution in [0.3, 0.4) is 0 Å². The fourth-order valence-electron chi connectivity index (χ4n) is 2.64. The van der Waals surface area contributed by atoms with Crippen molar-refractivity contribution >= 4 is 44.2 Å². The summed E-state index contributed by atoms with van der Waals surface area (Å²) in [7, 11) is 0. The van der Waals surface area contributed by atoms with Gasteiger partial charge in [-0.2, -0.15) is 0 Å². The first-order valence-electron chi connectivity index (χ1n) is 9.47. The van der Waals surface area contributed by atoms with Crippen molar-refractivity contribution in [2.24, 2.45) is 5.41 Å². The van der Waals surface area contributed by atoms with Crippen LogP contribution in [0.5, 0.6) is 0 Å². The van der Waals surface area contributed by atoms with Crippen LogP contribution in [0, 0.1) is 5.41 Å². The Morgan fingerprint density at radius 1 is 1.07 bits per heavy atom. The van der Waals surface area contributed by atoms with Gasteiger partial charge in [0.25, 0.3) is 0 Å². The van der Waals surface area contributed by atoms with Crippen molar-refractivity contribution in [3.63, 3.8) is 0 Å². The Bertz CT molecular complexity index is 1030. The molecule has 1 unspecified atom stereocenters. The number of aromatic nitrogens is 2. The van der Waals surface area contributed by atoms with E-state index in [4.69, 9.17) is 0 Å². The van der Waals surface area contributed by atoms with E-state index in [2.05, 4.69) is 36.8 Å². The largest absolute Gasteiger partial charge is 0.344 e. The Balaban J connectivity index is 1.76. The molecule has 1 aromatic heterocycles. The molecule has 1 heterocycles. The van der Waals surface area contributed by atoms with E-state index >= 15 is 0 Å². The number of amides is 2. The fraction of sp³-hybridized carbons (Fsp3) is 0.273. The van der Waals surface area contributed by atoms with Crippen LogP contribution in [0.25, 0.3) is 10.6 Å². The molecule has 0 aliphatic carbocycles. The van der Waals surface area contributed by atoms with Gasteiger partial charge >= 0.3 is 0 Å². The molecule has 0 radical (unpaired) electrons. The van der Waals surface area contributed by atoms with Gasteiger partial charge in [0.1, 0.15) is 11.0 Å². The highest BCUT2D eigenvalue weighted by molar-refractivity contribution is 9.10. The van der Waals surface area contributed by atoms with Crippen molar-refractivity contribution in [1.82, 2.24) is 15.5 Å². The van der Waals surface area contributed by atoms with Gasteiger partial charge in [0.05, 0.1) is 0 Å². The first kappa shape index (κ1) is 22.1. The van der Waals surface area contributed by atoms with E-state index in [1.807, 2.05) is 75.4 Å². The number of hydrogen-bond acceptors (Lipinski definition) is 5. The van der Waals surface area contributed by atoms with Crippen LogP contribution in [0.2, 0.25) is 0 Å². The SMILES string of the molecule is CC(C)(C)C(=O)NC(Cc1ccccc1)C(=O)Nc1nnc(-c2cccc(Br)c2)s1. The minimum Gasteiger partial charge on any atom is -0.344 e. The third-order valence-electron chi connectivity index (χ3n) is 4.31. The lowest BCUT2D eigenvalue weighted by molar-refractivity contribution is -0.132. The molecule has 0 saturated carbocycles. The Kier molecular flexibility index (Phi) is 6.99. The molecule has 156 valence electrons. The number of rotatable bonds is 6. The van der Waals surface area contributed by atoms with Crippen LogP contribution < -0.4 is 10.6 Å². The number of carbonyl (C=O) groups excluding carboxylic acids is 2. The minimum absolute atomic E-state index is 0.189. The van der Waals surface area contributed by atoms with Crippen molar-refractivity contribution in [2.75, 3.05) is 5.32 Å². The van der Waals surface area contributed by atoms with Gasteiger partial charge in [-0.1, -0.05) is 90.5 Å². The Morgan fingerprint density at radius 3 is 2.47 bits per heavy atom. The summed E-state index contributed by atoms with van der Waals surface area (Å²) >= 11 is 4.73. The van der Waals surface area contributed by atoms with Crippen molar-refractivity contribution in [3.05, 3.63) is 64.6 Å². The molecule has 2 N–H and O–H groups in total. The maximum atomic E-state index is 13.0. The van der Waals surface area contributed by atoms with Crippen LogP contribution in [-0.4, -0.2) is 28.1 Å². The van der Waals surface area contributed by atoms with Gasteiger partial charge < -0.3 is 5.32 Å². The second-order valence-electron chi connectivity index (χ2n) is 7.88. The summed E-state index contributed by atoms with van der Waals surface area (Å²) in [5, 5.41) is 15.0. The van der Waals surface area contributed by atoms with E-state index in [1.54, 1.807) is 0 Å². The van der Waals surface area contributed by atoms with Crippen molar-refractivity contribution in [2.45, 2.75) is 33.2 Å². The van der Waals surface area contributed by atoms with Gasteiger partial charge in [0, 0.05) is 21.9 Å². The minimum atomic E-state index is -0.725. The van der Waals surface area contributed by atoms with E-state index in [0.717, 1.165) is 15.6 Å². The molecular weight excluding hydrogens is 464 g/mol. The maximum Gasteiger partial charge on any atom is 0.249 e. The maximum absolute atomic E-state index is 13.0. The molecule has 0 fully saturated rings. The molecule has 0 aliphatic rings. The average molecular weight is 487 g/mol. The second kappa shape index (κ2) is 9.49. The lowest BCUT2D eigenvalue weighted by Gasteiger charge is -2.23. The third kappa shape index (κ3) is 5.96. The zero-order valence-electron chi connectivity index (χ0n) is 17.0. The van der Waals surface area contributed by atoms with Gasteiger partial charge in [-0.05, 0) is 17.7 Å². The Morgan fingerprint density at radius 2 is 1.80 bits per heavy atom. The molecule has 0 bridgehead atoms. The second-order valence-corrected chi connectivity index (χ2v) is 9.77. The highest BCUT2D eigenvalue weighted by Gasteiger charge is 2.28. The van der Waals surface area contributed by atoms with E-state index < -0.39 is 11.5 Å². The number of nitrogens with zero attached hydrogens (tertiary/aromatic N) is 2. The number of carbonyl (C=O) groups is 2. The highest BCUT2D eigenvalue weighted by atomic mass is 79.9. The molecule has 3 aromatic rings. The Labute approximate surface area is 188 Å². The summed E-state index contributed by atoms with van der Waals surface area (Å²) in [5.74, 6) is -0.515. The van der Waals surface area contributed by atoms with Gasteiger partial charge in [0.2, 0.25) is 16.9 Å². The lowest BCUT2D eigenvalue weighted by Crippen LogP contribution is -2.48. The molecule has 2 aromatic carbocycles. The van der Waals surface area contributed by atoms with E-state index in [9.17, 15) is 9.59 Å². The predicted octanol–water partition coefficient (Wildman–Crippen LogP) is 4.68. The number of anilines is 1. The van der Waals surface area contributed by atoms with Crippen molar-refractivity contribution in [1.29, 1.82) is 0 Å². The molecule has 0 spiro atoms. The fourth-order valence-corrected chi connectivity index (χ4v) is 3.78. The molecule has 6 nitrogen and oxygen atoms in total. The number of hydrogen-bond donors (Lipinski definition) is 2. The van der Waals surface area contributed by atoms with Crippen LogP contribution in [0.1, 0.15) is 26.3 Å². The molecule has 0 aliphatic heterocycles. The van der Waals surface area contributed by atoms with Crippen LogP contribution >= 0.6 is 27.3 Å². The average Bonchev–Trinajstić information content (AvgIpc) is 3.16. The third-order valence-corrected chi connectivity index (χ3v) is 5.69. The monoisotopic (exact) mass is 486 g/mol. The number of halogens is 1. The van der Waals surface area contributed by atoms with Crippen LogP contribution in [0.4, 0.5) is 5.13 Å². The summed E-state index contributed by atoms with van der Waals surface area (Å²) in [6.07, 6.45) is 0.381. The van der Waals surface area contributed by atoms with Gasteiger partial charge in [0.15, 0.2) is 0 Å². The zero-order chi connectivity index (χ0) is 21.7. The first-order chi connectivity index (χ1) is 14.2. The lowest BCUT2D eigenvalue weighted by atomic mass is 9.94. The van der Waals surface area contributed by atoms with Crippen molar-refractivity contribution in [3.8, 4) is 10.6 Å².